The van der Waals surface area contributed by atoms with Gasteiger partial charge in [0.1, 0.15) is 4.21 Å². The molecule has 0 heterocycles. The van der Waals surface area contributed by atoms with Crippen LogP contribution in [0.5, 0.6) is 0 Å². The Morgan fingerprint density at radius 3 is 2.27 bits per heavy atom. The third-order valence-electron chi connectivity index (χ3n) is 3.23. The SMILES string of the molecule is CC(C)SC1(Cl)C=CC(C(=O)c2ccccc2)C=C1.CCOC(=O)NN. The highest BCUT2D eigenvalue weighted by Crippen LogP contribution is 2.39. The molecule has 142 valence electrons. The summed E-state index contributed by atoms with van der Waals surface area (Å²) in [4.78, 5) is 22.2. The molecule has 0 radical (unpaired) electrons. The fraction of sp³-hybridized carbons (Fsp3) is 0.368. The number of alkyl halides is 1. The molecule has 0 aliphatic heterocycles. The summed E-state index contributed by atoms with van der Waals surface area (Å²) in [5, 5.41) is 0.438. The molecule has 0 aromatic heterocycles. The van der Waals surface area contributed by atoms with Gasteiger partial charge in [0.05, 0.1) is 12.5 Å². The summed E-state index contributed by atoms with van der Waals surface area (Å²) in [6.07, 6.45) is 7.05. The molecule has 1 aromatic carbocycles. The first-order valence-electron chi connectivity index (χ1n) is 8.29. The van der Waals surface area contributed by atoms with Gasteiger partial charge in [-0.15, -0.1) is 11.8 Å². The number of allylic oxidation sites excluding steroid dienone is 2. The zero-order valence-electron chi connectivity index (χ0n) is 15.1. The number of amides is 1. The topological polar surface area (TPSA) is 81.4 Å². The van der Waals surface area contributed by atoms with Crippen molar-refractivity contribution in [3.63, 3.8) is 0 Å². The highest BCUT2D eigenvalue weighted by molar-refractivity contribution is 8.02. The minimum absolute atomic E-state index is 0.112. The van der Waals surface area contributed by atoms with Gasteiger partial charge in [-0.2, -0.15) is 0 Å². The number of hydrogen-bond donors (Lipinski definition) is 2. The highest BCUT2D eigenvalue weighted by Gasteiger charge is 2.28. The summed E-state index contributed by atoms with van der Waals surface area (Å²) >= 11 is 8.13. The van der Waals surface area contributed by atoms with E-state index in [0.29, 0.717) is 11.9 Å². The van der Waals surface area contributed by atoms with Crippen LogP contribution in [-0.2, 0) is 4.74 Å². The number of nitrogens with two attached hydrogens (primary N) is 1. The second kappa shape index (κ2) is 11.1. The number of benzene rings is 1. The number of rotatable bonds is 5. The van der Waals surface area contributed by atoms with Crippen molar-refractivity contribution in [2.24, 2.45) is 11.8 Å². The molecular weight excluding hydrogens is 372 g/mol. The van der Waals surface area contributed by atoms with E-state index in [2.05, 4.69) is 24.4 Å². The van der Waals surface area contributed by atoms with Crippen LogP contribution >= 0.6 is 23.4 Å². The Balaban J connectivity index is 0.000000412. The van der Waals surface area contributed by atoms with E-state index in [4.69, 9.17) is 11.6 Å². The fourth-order valence-corrected chi connectivity index (χ4v) is 3.89. The third-order valence-corrected chi connectivity index (χ3v) is 4.86. The average Bonchev–Trinajstić information content (AvgIpc) is 2.62. The highest BCUT2D eigenvalue weighted by atomic mass is 35.5. The van der Waals surface area contributed by atoms with Crippen molar-refractivity contribution in [1.29, 1.82) is 0 Å². The molecule has 1 aromatic rings. The molecule has 2 rings (SSSR count). The largest absolute Gasteiger partial charge is 0.449 e. The van der Waals surface area contributed by atoms with Gasteiger partial charge in [-0.1, -0.05) is 80.1 Å². The lowest BCUT2D eigenvalue weighted by atomic mass is 9.93. The number of ketones is 1. The molecule has 1 amide bonds. The van der Waals surface area contributed by atoms with Crippen molar-refractivity contribution < 1.29 is 14.3 Å². The maximum atomic E-state index is 12.3. The number of ether oxygens (including phenoxy) is 1. The number of hydrazine groups is 1. The first-order valence-corrected chi connectivity index (χ1v) is 9.55. The second-order valence-electron chi connectivity index (χ2n) is 5.70. The monoisotopic (exact) mass is 396 g/mol. The van der Waals surface area contributed by atoms with Crippen molar-refractivity contribution in [3.05, 3.63) is 60.2 Å². The Morgan fingerprint density at radius 1 is 1.27 bits per heavy atom. The van der Waals surface area contributed by atoms with Crippen molar-refractivity contribution in [3.8, 4) is 0 Å². The van der Waals surface area contributed by atoms with Crippen LogP contribution in [0.3, 0.4) is 0 Å². The van der Waals surface area contributed by atoms with E-state index in [1.54, 1.807) is 24.1 Å². The van der Waals surface area contributed by atoms with Crippen LogP contribution in [0.1, 0.15) is 31.1 Å². The molecule has 0 saturated heterocycles. The number of carbonyl (C=O) groups excluding carboxylic acids is 2. The number of hydrogen-bond acceptors (Lipinski definition) is 5. The molecule has 7 heteroatoms. The lowest BCUT2D eigenvalue weighted by Crippen LogP contribution is -2.30. The van der Waals surface area contributed by atoms with Crippen molar-refractivity contribution in [2.45, 2.75) is 30.2 Å². The van der Waals surface area contributed by atoms with Crippen LogP contribution in [0.4, 0.5) is 4.79 Å². The Kier molecular flexibility index (Phi) is 9.48. The van der Waals surface area contributed by atoms with Crippen molar-refractivity contribution in [1.82, 2.24) is 5.43 Å². The third kappa shape index (κ3) is 7.64. The summed E-state index contributed by atoms with van der Waals surface area (Å²) in [6, 6.07) is 9.35. The number of carbonyl (C=O) groups is 2. The molecule has 0 unspecified atom stereocenters. The summed E-state index contributed by atoms with van der Waals surface area (Å²) in [5.74, 6) is 4.54. The lowest BCUT2D eigenvalue weighted by molar-refractivity contribution is 0.0964. The van der Waals surface area contributed by atoms with Gasteiger partial charge in [-0.05, 0) is 6.92 Å². The first kappa shape index (κ1) is 22.3. The van der Waals surface area contributed by atoms with Gasteiger partial charge in [0, 0.05) is 10.8 Å². The number of Topliss-reactive ketones (excluding diaryl/α,β-unsaturated/α-hetero) is 1. The molecule has 0 saturated carbocycles. The Morgan fingerprint density at radius 2 is 1.85 bits per heavy atom. The maximum Gasteiger partial charge on any atom is 0.421 e. The van der Waals surface area contributed by atoms with Crippen molar-refractivity contribution in [2.75, 3.05) is 6.61 Å². The van der Waals surface area contributed by atoms with Gasteiger partial charge in [0.25, 0.3) is 0 Å². The van der Waals surface area contributed by atoms with Crippen LogP contribution in [0.15, 0.2) is 54.6 Å². The molecule has 3 N–H and O–H groups in total. The van der Waals surface area contributed by atoms with E-state index in [1.807, 2.05) is 54.6 Å². The van der Waals surface area contributed by atoms with E-state index < -0.39 is 10.3 Å². The number of halogens is 1. The molecular formula is C19H25ClN2O3S. The second-order valence-corrected chi connectivity index (χ2v) is 8.41. The van der Waals surface area contributed by atoms with E-state index in [9.17, 15) is 9.59 Å². The van der Waals surface area contributed by atoms with Crippen LogP contribution in [0.2, 0.25) is 0 Å². The smallest absolute Gasteiger partial charge is 0.421 e. The van der Waals surface area contributed by atoms with Crippen LogP contribution < -0.4 is 11.3 Å². The molecule has 1 aliphatic carbocycles. The maximum absolute atomic E-state index is 12.3. The van der Waals surface area contributed by atoms with Gasteiger partial charge in [-0.3, -0.25) is 10.2 Å². The summed E-state index contributed by atoms with van der Waals surface area (Å²) in [6.45, 7) is 6.27. The molecule has 0 spiro atoms. The minimum Gasteiger partial charge on any atom is -0.449 e. The van der Waals surface area contributed by atoms with E-state index in [-0.39, 0.29) is 11.7 Å². The Labute approximate surface area is 164 Å². The van der Waals surface area contributed by atoms with Crippen LogP contribution in [0.25, 0.3) is 0 Å². The van der Waals surface area contributed by atoms with E-state index in [0.717, 1.165) is 5.56 Å². The minimum atomic E-state index is -0.595. The summed E-state index contributed by atoms with van der Waals surface area (Å²) in [5.41, 5.74) is 2.54. The molecule has 0 fully saturated rings. The summed E-state index contributed by atoms with van der Waals surface area (Å²) < 4.78 is 3.80. The summed E-state index contributed by atoms with van der Waals surface area (Å²) in [7, 11) is 0. The molecule has 0 atom stereocenters. The average molecular weight is 397 g/mol. The predicted molar refractivity (Wildman–Crippen MR) is 108 cm³/mol. The van der Waals surface area contributed by atoms with Gasteiger partial charge in [0.2, 0.25) is 0 Å². The number of thioether (sulfide) groups is 1. The zero-order valence-corrected chi connectivity index (χ0v) is 16.7. The Bertz CT molecular complexity index is 633. The van der Waals surface area contributed by atoms with Gasteiger partial charge in [0.15, 0.2) is 5.78 Å². The normalized spacial score (nSPS) is 20.9. The quantitative estimate of drug-likeness (QED) is 0.194. The van der Waals surface area contributed by atoms with E-state index in [1.165, 1.54) is 0 Å². The van der Waals surface area contributed by atoms with Gasteiger partial charge < -0.3 is 4.74 Å². The van der Waals surface area contributed by atoms with Crippen LogP contribution in [0, 0.1) is 5.92 Å². The standard InChI is InChI=1S/C16H17ClOS.C3H8N2O2/c1-12(2)19-16(17)10-8-14(9-11-16)15(18)13-6-4-3-5-7-13;1-2-7-3(6)5-4/h3-12,14H,1-2H3;2,4H2,1H3,(H,5,6). The molecule has 26 heavy (non-hydrogen) atoms. The zero-order chi connectivity index (χ0) is 19.6. The number of nitrogens with one attached hydrogen (secondary N) is 1. The fourth-order valence-electron chi connectivity index (χ4n) is 2.17. The molecule has 0 bridgehead atoms. The Hall–Kier alpha value is -1.76. The predicted octanol–water partition coefficient (Wildman–Crippen LogP) is 4.29. The van der Waals surface area contributed by atoms with E-state index >= 15 is 0 Å². The van der Waals surface area contributed by atoms with Crippen LogP contribution in [-0.4, -0.2) is 27.9 Å². The molecule has 1 aliphatic rings. The van der Waals surface area contributed by atoms with Gasteiger partial charge in [-0.25, -0.2) is 10.6 Å². The van der Waals surface area contributed by atoms with Crippen molar-refractivity contribution >= 4 is 35.2 Å². The van der Waals surface area contributed by atoms with Gasteiger partial charge >= 0.3 is 6.09 Å². The molecule has 5 nitrogen and oxygen atoms in total. The lowest BCUT2D eigenvalue weighted by Gasteiger charge is -2.25. The first-order chi connectivity index (χ1) is 12.3.